The van der Waals surface area contributed by atoms with Crippen LogP contribution >= 0.6 is 15.9 Å². The van der Waals surface area contributed by atoms with Crippen molar-refractivity contribution in [3.63, 3.8) is 0 Å². The van der Waals surface area contributed by atoms with Crippen molar-refractivity contribution in [3.8, 4) is 11.4 Å². The lowest BCUT2D eigenvalue weighted by Crippen LogP contribution is -2.61. The van der Waals surface area contributed by atoms with E-state index >= 15 is 0 Å². The van der Waals surface area contributed by atoms with Gasteiger partial charge in [0, 0.05) is 23.6 Å². The molecule has 0 aliphatic carbocycles. The third kappa shape index (κ3) is 2.88. The molecule has 2 aliphatic rings. The average Bonchev–Trinajstić information content (AvgIpc) is 3.26. The van der Waals surface area contributed by atoms with Crippen molar-refractivity contribution in [2.24, 2.45) is 0 Å². The third-order valence-corrected chi connectivity index (χ3v) is 6.10. The van der Waals surface area contributed by atoms with E-state index in [1.807, 2.05) is 58.9 Å². The Balaban J connectivity index is 1.64. The van der Waals surface area contributed by atoms with Crippen molar-refractivity contribution in [1.29, 1.82) is 0 Å². The van der Waals surface area contributed by atoms with Crippen molar-refractivity contribution in [1.82, 2.24) is 25.0 Å². The van der Waals surface area contributed by atoms with Crippen LogP contribution in [0.2, 0.25) is 0 Å². The number of anilines is 1. The maximum absolute atomic E-state index is 12.9. The number of imide groups is 1. The van der Waals surface area contributed by atoms with Gasteiger partial charge in [0.15, 0.2) is 11.9 Å². The van der Waals surface area contributed by atoms with Crippen LogP contribution < -0.4 is 10.2 Å². The highest BCUT2D eigenvalue weighted by atomic mass is 79.9. The minimum atomic E-state index is -0.590. The van der Waals surface area contributed by atoms with Gasteiger partial charge in [-0.2, -0.15) is 0 Å². The average molecular weight is 467 g/mol. The van der Waals surface area contributed by atoms with Crippen LogP contribution in [-0.4, -0.2) is 44.7 Å². The number of hydrogen-bond acceptors (Lipinski definition) is 5. The number of aryl methyl sites for hydroxylation is 1. The number of carbonyl (C=O) groups is 2. The van der Waals surface area contributed by atoms with E-state index in [0.717, 1.165) is 21.2 Å². The lowest BCUT2D eigenvalue weighted by Gasteiger charge is -2.37. The standard InChI is InChI=1S/C21H19BrN6O2/c1-12-4-3-5-13(10-12)11-27-16-18(29)23-21(30)26(2)19(16)28-17(24-25-20(27)28)14-6-8-15(22)9-7-14/h3-10,16,19H,11H2,1-2H3,(H,23,29,30). The molecule has 0 spiro atoms. The van der Waals surface area contributed by atoms with Crippen LogP contribution in [0.4, 0.5) is 10.7 Å². The molecular weight excluding hydrogens is 448 g/mol. The summed E-state index contributed by atoms with van der Waals surface area (Å²) in [6, 6.07) is 14.8. The number of nitrogens with zero attached hydrogens (tertiary/aromatic N) is 5. The monoisotopic (exact) mass is 466 g/mol. The zero-order valence-corrected chi connectivity index (χ0v) is 18.0. The molecule has 152 valence electrons. The topological polar surface area (TPSA) is 83.4 Å². The molecule has 2 atom stereocenters. The van der Waals surface area contributed by atoms with Crippen molar-refractivity contribution in [2.45, 2.75) is 25.7 Å². The molecule has 0 saturated carbocycles. The summed E-state index contributed by atoms with van der Waals surface area (Å²) >= 11 is 3.45. The molecule has 1 N–H and O–H groups in total. The van der Waals surface area contributed by atoms with E-state index in [1.54, 1.807) is 7.05 Å². The molecule has 3 aromatic rings. The van der Waals surface area contributed by atoms with Gasteiger partial charge >= 0.3 is 6.03 Å². The van der Waals surface area contributed by atoms with Crippen LogP contribution in [0.3, 0.4) is 0 Å². The molecular formula is C21H19BrN6O2. The van der Waals surface area contributed by atoms with Gasteiger partial charge in [-0.3, -0.25) is 14.7 Å². The summed E-state index contributed by atoms with van der Waals surface area (Å²) in [5, 5.41) is 11.3. The van der Waals surface area contributed by atoms with Gasteiger partial charge in [-0.05, 0) is 24.6 Å². The van der Waals surface area contributed by atoms with Crippen molar-refractivity contribution < 1.29 is 9.59 Å². The maximum Gasteiger partial charge on any atom is 0.325 e. The zero-order chi connectivity index (χ0) is 21.0. The van der Waals surface area contributed by atoms with Gasteiger partial charge in [-0.1, -0.05) is 57.9 Å². The first kappa shape index (κ1) is 18.8. The quantitative estimate of drug-likeness (QED) is 0.640. The number of urea groups is 1. The molecule has 1 fully saturated rings. The number of nitrogens with one attached hydrogen (secondary N) is 1. The van der Waals surface area contributed by atoms with Crippen LogP contribution in [0.1, 0.15) is 17.3 Å². The molecule has 2 aliphatic heterocycles. The number of likely N-dealkylation sites (N-methyl/N-ethyl adjacent to an activating group) is 1. The summed E-state index contributed by atoms with van der Waals surface area (Å²) in [6.45, 7) is 2.51. The first-order chi connectivity index (χ1) is 14.4. The second kappa shape index (κ2) is 6.94. The van der Waals surface area contributed by atoms with E-state index in [1.165, 1.54) is 4.90 Å². The summed E-state index contributed by atoms with van der Waals surface area (Å²) < 4.78 is 2.84. The second-order valence-corrected chi connectivity index (χ2v) is 8.50. The second-order valence-electron chi connectivity index (χ2n) is 7.58. The molecule has 2 aromatic carbocycles. The van der Waals surface area contributed by atoms with Crippen LogP contribution in [0.15, 0.2) is 53.0 Å². The number of amides is 3. The van der Waals surface area contributed by atoms with Crippen LogP contribution in [-0.2, 0) is 11.3 Å². The van der Waals surface area contributed by atoms with E-state index in [4.69, 9.17) is 0 Å². The number of benzene rings is 2. The Hall–Kier alpha value is -3.20. The third-order valence-electron chi connectivity index (χ3n) is 5.57. The number of halogens is 1. The van der Waals surface area contributed by atoms with Gasteiger partial charge in [-0.15, -0.1) is 10.2 Å². The Morgan fingerprint density at radius 2 is 1.87 bits per heavy atom. The number of aromatic nitrogens is 3. The normalized spacial score (nSPS) is 20.2. The van der Waals surface area contributed by atoms with Gasteiger partial charge in [-0.25, -0.2) is 4.79 Å². The Labute approximate surface area is 181 Å². The summed E-state index contributed by atoms with van der Waals surface area (Å²) in [5.41, 5.74) is 3.06. The van der Waals surface area contributed by atoms with Crippen molar-refractivity contribution in [2.75, 3.05) is 11.9 Å². The Bertz CT molecular complexity index is 1160. The number of carbonyl (C=O) groups excluding carboxylic acids is 2. The first-order valence-corrected chi connectivity index (χ1v) is 10.3. The number of hydrogen-bond donors (Lipinski definition) is 1. The molecule has 0 radical (unpaired) electrons. The van der Waals surface area contributed by atoms with Gasteiger partial charge < -0.3 is 9.80 Å². The van der Waals surface area contributed by atoms with Crippen molar-refractivity contribution >= 4 is 33.8 Å². The van der Waals surface area contributed by atoms with Crippen LogP contribution in [0.5, 0.6) is 0 Å². The maximum atomic E-state index is 12.9. The molecule has 8 nitrogen and oxygen atoms in total. The summed E-state index contributed by atoms with van der Waals surface area (Å²) in [7, 11) is 1.69. The molecule has 1 saturated heterocycles. The smallest absolute Gasteiger partial charge is 0.321 e. The highest BCUT2D eigenvalue weighted by Gasteiger charge is 2.52. The Kier molecular flexibility index (Phi) is 4.35. The molecule has 1 aromatic heterocycles. The molecule has 0 bridgehead atoms. The fourth-order valence-corrected chi connectivity index (χ4v) is 4.44. The van der Waals surface area contributed by atoms with Gasteiger partial charge in [0.2, 0.25) is 5.95 Å². The summed E-state index contributed by atoms with van der Waals surface area (Å²) in [5.74, 6) is 0.859. The first-order valence-electron chi connectivity index (χ1n) is 9.55. The molecule has 30 heavy (non-hydrogen) atoms. The van der Waals surface area contributed by atoms with E-state index in [2.05, 4.69) is 37.5 Å². The fourth-order valence-electron chi connectivity index (χ4n) is 4.17. The zero-order valence-electron chi connectivity index (χ0n) is 16.4. The predicted molar refractivity (Wildman–Crippen MR) is 115 cm³/mol. The van der Waals surface area contributed by atoms with E-state index < -0.39 is 18.2 Å². The van der Waals surface area contributed by atoms with Gasteiger partial charge in [0.05, 0.1) is 0 Å². The fraction of sp³-hybridized carbons (Fsp3) is 0.238. The molecule has 2 unspecified atom stereocenters. The largest absolute Gasteiger partial charge is 0.325 e. The Morgan fingerprint density at radius 1 is 1.10 bits per heavy atom. The number of fused-ring (bicyclic) bond motifs is 3. The van der Waals surface area contributed by atoms with Crippen LogP contribution in [0.25, 0.3) is 11.4 Å². The minimum Gasteiger partial charge on any atom is -0.321 e. The summed E-state index contributed by atoms with van der Waals surface area (Å²) in [6.07, 6.45) is -0.528. The molecule has 5 rings (SSSR count). The molecule has 3 amide bonds. The Morgan fingerprint density at radius 3 is 2.60 bits per heavy atom. The van der Waals surface area contributed by atoms with Crippen LogP contribution in [0, 0.1) is 6.92 Å². The van der Waals surface area contributed by atoms with E-state index in [-0.39, 0.29) is 5.91 Å². The lowest BCUT2D eigenvalue weighted by molar-refractivity contribution is -0.124. The van der Waals surface area contributed by atoms with Gasteiger partial charge in [0.25, 0.3) is 5.91 Å². The highest BCUT2D eigenvalue weighted by molar-refractivity contribution is 9.10. The molecule has 9 heteroatoms. The molecule has 3 heterocycles. The highest BCUT2D eigenvalue weighted by Crippen LogP contribution is 2.41. The van der Waals surface area contributed by atoms with Crippen molar-refractivity contribution in [3.05, 3.63) is 64.1 Å². The van der Waals surface area contributed by atoms with E-state index in [0.29, 0.717) is 18.3 Å². The van der Waals surface area contributed by atoms with Gasteiger partial charge in [0.1, 0.15) is 6.17 Å². The lowest BCUT2D eigenvalue weighted by atomic mass is 10.1. The van der Waals surface area contributed by atoms with E-state index in [9.17, 15) is 9.59 Å². The number of rotatable bonds is 3. The minimum absolute atomic E-state index is 0.331. The predicted octanol–water partition coefficient (Wildman–Crippen LogP) is 3.09. The SMILES string of the molecule is Cc1cccc(CN2c3nnc(-c4ccc(Br)cc4)n3C3C2C(=O)NC(=O)N3C)c1. The summed E-state index contributed by atoms with van der Waals surface area (Å²) in [4.78, 5) is 28.7.